The molecule has 1 aliphatic rings. The highest BCUT2D eigenvalue weighted by molar-refractivity contribution is 5.82. The normalized spacial score (nSPS) is 21.9. The van der Waals surface area contributed by atoms with Gasteiger partial charge in [0.1, 0.15) is 23.4 Å². The van der Waals surface area contributed by atoms with Gasteiger partial charge in [0, 0.05) is 33.8 Å². The van der Waals surface area contributed by atoms with Gasteiger partial charge in [0.2, 0.25) is 24.8 Å². The van der Waals surface area contributed by atoms with Crippen LogP contribution in [-0.4, -0.2) is 54.8 Å². The summed E-state index contributed by atoms with van der Waals surface area (Å²) < 4.78 is 51.6. The van der Waals surface area contributed by atoms with Gasteiger partial charge in [0.05, 0.1) is 10.9 Å². The van der Waals surface area contributed by atoms with Gasteiger partial charge < -0.3 is 28.1 Å². The van der Waals surface area contributed by atoms with Gasteiger partial charge in [0.15, 0.2) is 11.5 Å². The third-order valence-corrected chi connectivity index (χ3v) is 5.79. The lowest BCUT2D eigenvalue weighted by atomic mass is 10.0. The Labute approximate surface area is 231 Å². The van der Waals surface area contributed by atoms with E-state index in [9.17, 15) is 28.4 Å². The Morgan fingerprint density at radius 1 is 0.732 bits per heavy atom. The molecule has 0 amide bonds. The molecule has 1 saturated heterocycles. The van der Waals surface area contributed by atoms with E-state index in [1.807, 2.05) is 0 Å². The fourth-order valence-corrected chi connectivity index (χ4v) is 4.24. The summed E-state index contributed by atoms with van der Waals surface area (Å²) in [7, 11) is 0. The van der Waals surface area contributed by atoms with Gasteiger partial charge in [-0.2, -0.15) is 0 Å². The molecule has 0 spiro atoms. The predicted molar refractivity (Wildman–Crippen MR) is 136 cm³/mol. The summed E-state index contributed by atoms with van der Waals surface area (Å²) in [4.78, 5) is 60.6. The maximum Gasteiger partial charge on any atom is 0.305 e. The Kier molecular flexibility index (Phi) is 8.67. The van der Waals surface area contributed by atoms with Gasteiger partial charge in [-0.05, 0) is 29.8 Å². The van der Waals surface area contributed by atoms with Crippen LogP contribution in [0.5, 0.6) is 5.75 Å². The van der Waals surface area contributed by atoms with E-state index in [1.54, 1.807) is 0 Å². The van der Waals surface area contributed by atoms with Crippen LogP contribution in [0.2, 0.25) is 0 Å². The Morgan fingerprint density at radius 2 is 1.29 bits per heavy atom. The summed E-state index contributed by atoms with van der Waals surface area (Å²) in [6, 6.07) is 9.52. The second-order valence-corrected chi connectivity index (χ2v) is 8.97. The molecule has 0 saturated carbocycles. The number of ether oxygens (including phenoxy) is 6. The quantitative estimate of drug-likeness (QED) is 0.302. The number of benzene rings is 2. The van der Waals surface area contributed by atoms with Gasteiger partial charge in [0.25, 0.3) is 0 Å². The second-order valence-electron chi connectivity index (χ2n) is 8.97. The van der Waals surface area contributed by atoms with E-state index < -0.39 is 60.6 Å². The highest BCUT2D eigenvalue weighted by Crippen LogP contribution is 2.32. The monoisotopic (exact) mass is 572 g/mol. The standard InChI is InChI=1S/C28H25FO12/c1-13(30)36-24-25(37-14(2)31)27(39-16(4)33)41-28(26(24)38-15(3)32)40-19-9-10-20-22(11-19)35-12-21(23(20)34)17-5-7-18(29)8-6-17/h5-12,24-28H,1-4H3. The van der Waals surface area contributed by atoms with Crippen molar-refractivity contribution in [1.29, 1.82) is 0 Å². The fourth-order valence-electron chi connectivity index (χ4n) is 4.24. The van der Waals surface area contributed by atoms with Gasteiger partial charge in [-0.15, -0.1) is 0 Å². The second kappa shape index (κ2) is 12.2. The molecule has 3 aromatic rings. The Balaban J connectivity index is 1.70. The Hall–Kier alpha value is -4.78. The van der Waals surface area contributed by atoms with E-state index >= 15 is 0 Å². The van der Waals surface area contributed by atoms with Gasteiger partial charge in [-0.25, -0.2) is 4.39 Å². The van der Waals surface area contributed by atoms with Crippen LogP contribution in [0.15, 0.2) is 57.9 Å². The minimum Gasteiger partial charge on any atom is -0.463 e. The van der Waals surface area contributed by atoms with Crippen molar-refractivity contribution in [1.82, 2.24) is 0 Å². The first-order valence-corrected chi connectivity index (χ1v) is 12.3. The highest BCUT2D eigenvalue weighted by atomic mass is 19.1. The van der Waals surface area contributed by atoms with Gasteiger partial charge in [-0.1, -0.05) is 12.1 Å². The number of halogens is 1. The predicted octanol–water partition coefficient (Wildman–Crippen LogP) is 3.02. The summed E-state index contributed by atoms with van der Waals surface area (Å²) in [6.45, 7) is 4.32. The molecule has 1 aromatic heterocycles. The average Bonchev–Trinajstić information content (AvgIpc) is 2.88. The molecule has 5 atom stereocenters. The number of rotatable bonds is 7. The SMILES string of the molecule is CC(=O)OC1OC(Oc2ccc3c(=O)c(-c4ccc(F)cc4)coc3c2)C(OC(C)=O)C(OC(C)=O)C1OC(C)=O. The van der Waals surface area contributed by atoms with Crippen molar-refractivity contribution in [3.05, 3.63) is 64.8 Å². The summed E-state index contributed by atoms with van der Waals surface area (Å²) >= 11 is 0. The van der Waals surface area contributed by atoms with Gasteiger partial charge >= 0.3 is 23.9 Å². The molecule has 0 bridgehead atoms. The zero-order valence-corrected chi connectivity index (χ0v) is 22.3. The van der Waals surface area contributed by atoms with Crippen LogP contribution in [0.1, 0.15) is 27.7 Å². The number of fused-ring (bicyclic) bond motifs is 1. The molecular weight excluding hydrogens is 547 g/mol. The molecule has 0 N–H and O–H groups in total. The molecule has 2 aromatic carbocycles. The third kappa shape index (κ3) is 6.87. The van der Waals surface area contributed by atoms with E-state index in [0.29, 0.717) is 5.56 Å². The van der Waals surface area contributed by atoms with Crippen LogP contribution in [0.3, 0.4) is 0 Å². The van der Waals surface area contributed by atoms with Crippen LogP contribution >= 0.6 is 0 Å². The molecule has 41 heavy (non-hydrogen) atoms. The molecule has 12 nitrogen and oxygen atoms in total. The lowest BCUT2D eigenvalue weighted by Crippen LogP contribution is -2.63. The smallest absolute Gasteiger partial charge is 0.305 e. The molecule has 0 aliphatic carbocycles. The number of hydrogen-bond donors (Lipinski definition) is 0. The van der Waals surface area contributed by atoms with E-state index in [1.165, 1.54) is 48.7 Å². The van der Waals surface area contributed by atoms with Crippen molar-refractivity contribution in [2.45, 2.75) is 58.6 Å². The summed E-state index contributed by atoms with van der Waals surface area (Å²) in [5.74, 6) is -3.66. The first-order chi connectivity index (χ1) is 19.4. The lowest BCUT2D eigenvalue weighted by molar-refractivity contribution is -0.328. The van der Waals surface area contributed by atoms with Crippen molar-refractivity contribution in [3.63, 3.8) is 0 Å². The zero-order valence-electron chi connectivity index (χ0n) is 22.3. The van der Waals surface area contributed by atoms with Crippen LogP contribution < -0.4 is 10.2 Å². The van der Waals surface area contributed by atoms with Crippen LogP contribution in [0, 0.1) is 5.82 Å². The lowest BCUT2D eigenvalue weighted by Gasteiger charge is -2.43. The molecular formula is C28H25FO12. The highest BCUT2D eigenvalue weighted by Gasteiger charge is 2.54. The number of esters is 4. The van der Waals surface area contributed by atoms with Crippen molar-refractivity contribution < 1.29 is 56.4 Å². The topological polar surface area (TPSA) is 154 Å². The number of hydrogen-bond acceptors (Lipinski definition) is 12. The van der Waals surface area contributed by atoms with E-state index in [-0.39, 0.29) is 27.7 Å². The van der Waals surface area contributed by atoms with Crippen LogP contribution in [-0.2, 0) is 42.9 Å². The van der Waals surface area contributed by atoms with Crippen LogP contribution in [0.4, 0.5) is 4.39 Å². The summed E-state index contributed by atoms with van der Waals surface area (Å²) in [5.41, 5.74) is 0.397. The first kappa shape index (κ1) is 29.2. The van der Waals surface area contributed by atoms with Crippen molar-refractivity contribution in [3.8, 4) is 16.9 Å². The summed E-state index contributed by atoms with van der Waals surface area (Å²) in [6.07, 6.45) is -6.45. The first-order valence-electron chi connectivity index (χ1n) is 12.3. The molecule has 0 radical (unpaired) electrons. The van der Waals surface area contributed by atoms with Crippen molar-refractivity contribution in [2.75, 3.05) is 0 Å². The molecule has 1 fully saturated rings. The Morgan fingerprint density at radius 3 is 1.88 bits per heavy atom. The molecule has 5 unspecified atom stereocenters. The fraction of sp³-hybridized carbons (Fsp3) is 0.321. The Bertz CT molecular complexity index is 1530. The zero-order chi connectivity index (χ0) is 29.8. The molecule has 216 valence electrons. The third-order valence-electron chi connectivity index (χ3n) is 5.79. The molecule has 2 heterocycles. The summed E-state index contributed by atoms with van der Waals surface area (Å²) in [5, 5.41) is 0.186. The molecule has 4 rings (SSSR count). The molecule has 13 heteroatoms. The minimum atomic E-state index is -1.62. The van der Waals surface area contributed by atoms with E-state index in [0.717, 1.165) is 27.7 Å². The maximum atomic E-state index is 13.3. The number of carbonyl (C=O) groups excluding carboxylic acids is 4. The van der Waals surface area contributed by atoms with E-state index in [4.69, 9.17) is 32.8 Å². The van der Waals surface area contributed by atoms with E-state index in [2.05, 4.69) is 0 Å². The number of carbonyl (C=O) groups is 4. The van der Waals surface area contributed by atoms with Crippen molar-refractivity contribution >= 4 is 34.8 Å². The molecule has 1 aliphatic heterocycles. The van der Waals surface area contributed by atoms with Crippen LogP contribution in [0.25, 0.3) is 22.1 Å². The largest absolute Gasteiger partial charge is 0.463 e. The van der Waals surface area contributed by atoms with Crippen molar-refractivity contribution in [2.24, 2.45) is 0 Å². The minimum absolute atomic E-state index is 0.0615. The maximum absolute atomic E-state index is 13.3. The van der Waals surface area contributed by atoms with Gasteiger partial charge in [-0.3, -0.25) is 28.7 Å². The average molecular weight is 572 g/mol.